The lowest BCUT2D eigenvalue weighted by Crippen LogP contribution is -2.09. The van der Waals surface area contributed by atoms with E-state index in [4.69, 9.17) is 16.8 Å². The Morgan fingerprint density at radius 2 is 2.08 bits per heavy atom. The molecule has 0 unspecified atom stereocenters. The van der Waals surface area contributed by atoms with Gasteiger partial charge in [0.15, 0.2) is 0 Å². The Balaban J connectivity index is 3.10. The maximum atomic E-state index is 12.9. The number of hydrogen-bond acceptors (Lipinski definition) is 3. The molecule has 1 aromatic carbocycles. The van der Waals surface area contributed by atoms with Gasteiger partial charge < -0.3 is 5.21 Å². The van der Waals surface area contributed by atoms with Crippen molar-refractivity contribution in [1.29, 1.82) is 0 Å². The van der Waals surface area contributed by atoms with Crippen LogP contribution in [0.15, 0.2) is 29.4 Å². The van der Waals surface area contributed by atoms with Gasteiger partial charge in [0, 0.05) is 0 Å². The van der Waals surface area contributed by atoms with Gasteiger partial charge in [-0.25, -0.2) is 4.39 Å². The summed E-state index contributed by atoms with van der Waals surface area (Å²) in [7, 11) is 0. The summed E-state index contributed by atoms with van der Waals surface area (Å²) in [5.74, 6) is -1.54. The van der Waals surface area contributed by atoms with Gasteiger partial charge in [-0.1, -0.05) is 28.9 Å². The van der Waals surface area contributed by atoms with Crippen LogP contribution in [0.3, 0.4) is 0 Å². The predicted molar refractivity (Wildman–Crippen MR) is 45.8 cm³/mol. The number of rotatable bonds is 2. The molecule has 0 heterocycles. The highest BCUT2D eigenvalue weighted by Crippen LogP contribution is 2.09. The van der Waals surface area contributed by atoms with E-state index in [1.54, 1.807) is 0 Å². The predicted octanol–water partition coefficient (Wildman–Crippen LogP) is 2.03. The van der Waals surface area contributed by atoms with Gasteiger partial charge in [-0.2, -0.15) is 0 Å². The number of Topliss-reactive ketones (excluding diaryl/α,β-unsaturated/α-hetero) is 1. The zero-order valence-electron chi connectivity index (χ0n) is 6.37. The van der Waals surface area contributed by atoms with Crippen LogP contribution in [0, 0.1) is 5.82 Å². The van der Waals surface area contributed by atoms with Crippen LogP contribution < -0.4 is 0 Å². The van der Waals surface area contributed by atoms with E-state index in [-0.39, 0.29) is 5.56 Å². The molecule has 68 valence electrons. The Labute approximate surface area is 78.4 Å². The third-order valence-electron chi connectivity index (χ3n) is 1.39. The molecule has 0 amide bonds. The van der Waals surface area contributed by atoms with Gasteiger partial charge in [-0.05, 0) is 12.1 Å². The van der Waals surface area contributed by atoms with E-state index in [2.05, 4.69) is 5.16 Å². The number of halogens is 2. The molecule has 0 spiro atoms. The van der Waals surface area contributed by atoms with Gasteiger partial charge >= 0.3 is 0 Å². The molecule has 0 saturated heterocycles. The van der Waals surface area contributed by atoms with E-state index in [9.17, 15) is 9.18 Å². The van der Waals surface area contributed by atoms with Crippen molar-refractivity contribution in [3.8, 4) is 0 Å². The molecule has 1 aromatic rings. The molecule has 0 bridgehead atoms. The molecule has 13 heavy (non-hydrogen) atoms. The maximum Gasteiger partial charge on any atom is 0.229 e. The van der Waals surface area contributed by atoms with Crippen molar-refractivity contribution < 1.29 is 14.4 Å². The van der Waals surface area contributed by atoms with E-state index in [0.29, 0.717) is 0 Å². The van der Waals surface area contributed by atoms with Crippen molar-refractivity contribution >= 4 is 22.6 Å². The minimum atomic E-state index is -0.845. The molecule has 0 fully saturated rings. The molecule has 0 atom stereocenters. The minimum absolute atomic E-state index is 0.217. The summed E-state index contributed by atoms with van der Waals surface area (Å²) < 4.78 is 12.9. The summed E-state index contributed by atoms with van der Waals surface area (Å²) >= 11 is 5.21. The first kappa shape index (κ1) is 9.67. The number of carbonyl (C=O) groups excluding carboxylic acids is 1. The second kappa shape index (κ2) is 4.00. The molecular formula is C8H5ClFNO2. The van der Waals surface area contributed by atoms with Crippen molar-refractivity contribution in [1.82, 2.24) is 0 Å². The van der Waals surface area contributed by atoms with Gasteiger partial charge in [0.2, 0.25) is 11.0 Å². The van der Waals surface area contributed by atoms with Crippen molar-refractivity contribution in [3.63, 3.8) is 0 Å². The van der Waals surface area contributed by atoms with E-state index < -0.39 is 16.8 Å². The van der Waals surface area contributed by atoms with Crippen LogP contribution in [0.2, 0.25) is 0 Å². The highest BCUT2D eigenvalue weighted by atomic mass is 35.5. The van der Waals surface area contributed by atoms with Crippen molar-refractivity contribution in [2.75, 3.05) is 0 Å². The van der Waals surface area contributed by atoms with E-state index >= 15 is 0 Å². The largest absolute Gasteiger partial charge is 0.410 e. The van der Waals surface area contributed by atoms with Crippen LogP contribution in [0.5, 0.6) is 0 Å². The average Bonchev–Trinajstić information content (AvgIpc) is 2.16. The van der Waals surface area contributed by atoms with Crippen LogP contribution in [-0.2, 0) is 0 Å². The van der Waals surface area contributed by atoms with Crippen molar-refractivity contribution in [2.24, 2.45) is 5.16 Å². The standard InChI is InChI=1S/C8H5ClFNO2/c9-8(11-13)7(12)5-3-1-2-4-6(5)10/h1-4,13H. The Bertz CT molecular complexity index is 365. The molecule has 1 rings (SSSR count). The molecule has 0 aromatic heterocycles. The molecule has 1 N–H and O–H groups in total. The van der Waals surface area contributed by atoms with Gasteiger partial charge in [-0.15, -0.1) is 0 Å². The van der Waals surface area contributed by atoms with Gasteiger partial charge in [0.05, 0.1) is 5.56 Å². The number of hydrogen-bond donors (Lipinski definition) is 1. The number of benzene rings is 1. The van der Waals surface area contributed by atoms with Crippen LogP contribution in [0.25, 0.3) is 0 Å². The lowest BCUT2D eigenvalue weighted by atomic mass is 10.1. The number of carbonyl (C=O) groups is 1. The highest BCUT2D eigenvalue weighted by molar-refractivity contribution is 6.84. The van der Waals surface area contributed by atoms with Crippen molar-refractivity contribution in [3.05, 3.63) is 35.6 Å². The Hall–Kier alpha value is -1.42. The summed E-state index contributed by atoms with van der Waals surface area (Å²) in [6.45, 7) is 0. The zero-order chi connectivity index (χ0) is 9.84. The Kier molecular flexibility index (Phi) is 2.97. The number of oxime groups is 1. The summed E-state index contributed by atoms with van der Waals surface area (Å²) in [6, 6.07) is 5.30. The maximum absolute atomic E-state index is 12.9. The lowest BCUT2D eigenvalue weighted by molar-refractivity contribution is 0.106. The zero-order valence-corrected chi connectivity index (χ0v) is 7.12. The van der Waals surface area contributed by atoms with Gasteiger partial charge in [-0.3, -0.25) is 4.79 Å². The SMILES string of the molecule is O=C(C(Cl)=NO)c1ccccc1F. The Morgan fingerprint density at radius 3 is 2.62 bits per heavy atom. The summed E-state index contributed by atoms with van der Waals surface area (Å²) in [6.07, 6.45) is 0. The first-order valence-electron chi connectivity index (χ1n) is 3.33. The van der Waals surface area contributed by atoms with Crippen molar-refractivity contribution in [2.45, 2.75) is 0 Å². The smallest absolute Gasteiger partial charge is 0.229 e. The normalized spacial score (nSPS) is 11.4. The molecule has 3 nitrogen and oxygen atoms in total. The molecule has 0 radical (unpaired) electrons. The summed E-state index contributed by atoms with van der Waals surface area (Å²) in [4.78, 5) is 11.1. The van der Waals surface area contributed by atoms with Gasteiger partial charge in [0.1, 0.15) is 5.82 Å². The third-order valence-corrected chi connectivity index (χ3v) is 1.64. The quantitative estimate of drug-likeness (QED) is 0.345. The minimum Gasteiger partial charge on any atom is -0.410 e. The van der Waals surface area contributed by atoms with E-state index in [1.807, 2.05) is 0 Å². The van der Waals surface area contributed by atoms with Crippen LogP contribution in [0.4, 0.5) is 4.39 Å². The Morgan fingerprint density at radius 1 is 1.46 bits per heavy atom. The average molecular weight is 202 g/mol. The number of ketones is 1. The fourth-order valence-corrected chi connectivity index (χ4v) is 0.904. The molecular weight excluding hydrogens is 197 g/mol. The monoisotopic (exact) mass is 201 g/mol. The molecule has 5 heteroatoms. The van der Waals surface area contributed by atoms with E-state index in [1.165, 1.54) is 18.2 Å². The van der Waals surface area contributed by atoms with Crippen LogP contribution >= 0.6 is 11.6 Å². The fourth-order valence-electron chi connectivity index (χ4n) is 0.802. The molecule has 0 aliphatic heterocycles. The number of nitrogens with zero attached hydrogens (tertiary/aromatic N) is 1. The topological polar surface area (TPSA) is 49.7 Å². The fraction of sp³-hybridized carbons (Fsp3) is 0. The third kappa shape index (κ3) is 2.03. The van der Waals surface area contributed by atoms with Crippen LogP contribution in [-0.4, -0.2) is 16.2 Å². The second-order valence-corrected chi connectivity index (χ2v) is 2.56. The van der Waals surface area contributed by atoms with Gasteiger partial charge in [0.25, 0.3) is 0 Å². The first-order valence-corrected chi connectivity index (χ1v) is 3.71. The highest BCUT2D eigenvalue weighted by Gasteiger charge is 2.15. The molecule has 0 aliphatic carbocycles. The van der Waals surface area contributed by atoms with E-state index in [0.717, 1.165) is 6.07 Å². The summed E-state index contributed by atoms with van der Waals surface area (Å²) in [5, 5.41) is 9.98. The lowest BCUT2D eigenvalue weighted by Gasteiger charge is -1.97. The second-order valence-electron chi connectivity index (χ2n) is 2.20. The summed E-state index contributed by atoms with van der Waals surface area (Å²) in [5.41, 5.74) is -0.217. The first-order chi connectivity index (χ1) is 6.16. The molecule has 0 aliphatic rings. The van der Waals surface area contributed by atoms with Crippen LogP contribution in [0.1, 0.15) is 10.4 Å². The molecule has 0 saturated carbocycles.